The summed E-state index contributed by atoms with van der Waals surface area (Å²) in [5, 5.41) is 9.55. The van der Waals surface area contributed by atoms with Gasteiger partial charge in [-0.25, -0.2) is 0 Å². The summed E-state index contributed by atoms with van der Waals surface area (Å²) in [6.45, 7) is 2.00. The Balaban J connectivity index is 2.06. The highest BCUT2D eigenvalue weighted by Gasteiger charge is 2.30. The van der Waals surface area contributed by atoms with Crippen molar-refractivity contribution < 1.29 is 14.7 Å². The highest BCUT2D eigenvalue weighted by atomic mass is 35.5. The first kappa shape index (κ1) is 16.3. The third-order valence-corrected chi connectivity index (χ3v) is 4.25. The third-order valence-electron chi connectivity index (χ3n) is 3.94. The van der Waals surface area contributed by atoms with E-state index in [0.717, 1.165) is 11.1 Å². The second-order valence-electron chi connectivity index (χ2n) is 5.80. The predicted octanol–water partition coefficient (Wildman–Crippen LogP) is 3.82. The van der Waals surface area contributed by atoms with Crippen molar-refractivity contribution in [2.75, 3.05) is 18.0 Å². The van der Waals surface area contributed by atoms with Gasteiger partial charge < -0.3 is 10.0 Å². The minimum absolute atomic E-state index is 0.116. The van der Waals surface area contributed by atoms with Crippen LogP contribution in [0.1, 0.15) is 21.5 Å². The van der Waals surface area contributed by atoms with E-state index in [1.807, 2.05) is 31.2 Å². The Morgan fingerprint density at radius 3 is 2.62 bits per heavy atom. The van der Waals surface area contributed by atoms with Gasteiger partial charge >= 0.3 is 5.97 Å². The van der Waals surface area contributed by atoms with E-state index < -0.39 is 5.97 Å². The van der Waals surface area contributed by atoms with Gasteiger partial charge in [-0.1, -0.05) is 47.5 Å². The monoisotopic (exact) mass is 341 g/mol. The number of aliphatic carboxylic acids is 1. The molecule has 1 aliphatic heterocycles. The number of fused-ring (bicyclic) bond motifs is 1. The molecule has 0 saturated heterocycles. The summed E-state index contributed by atoms with van der Waals surface area (Å²) in [6.07, 6.45) is 1.81. The molecule has 0 aromatic heterocycles. The van der Waals surface area contributed by atoms with Crippen LogP contribution in [-0.4, -0.2) is 29.9 Å². The van der Waals surface area contributed by atoms with Crippen LogP contribution in [0.3, 0.4) is 0 Å². The number of carboxylic acids is 1. The van der Waals surface area contributed by atoms with Crippen LogP contribution in [-0.2, 0) is 4.79 Å². The Hall–Kier alpha value is -2.59. The van der Waals surface area contributed by atoms with Gasteiger partial charge in [0.25, 0.3) is 0 Å². The molecule has 122 valence electrons. The van der Waals surface area contributed by atoms with Crippen molar-refractivity contribution in [3.63, 3.8) is 0 Å². The molecular formula is C19H16ClNO3. The number of benzene rings is 2. The molecule has 2 aromatic rings. The fraction of sp³-hybridized carbons (Fsp3) is 0.158. The number of Topliss-reactive ketones (excluding diaryl/α,β-unsaturated/α-hetero) is 1. The van der Waals surface area contributed by atoms with E-state index in [1.54, 1.807) is 29.2 Å². The first-order valence-corrected chi connectivity index (χ1v) is 7.90. The lowest BCUT2D eigenvalue weighted by Gasteiger charge is -2.31. The largest absolute Gasteiger partial charge is 0.480 e. The van der Waals surface area contributed by atoms with Crippen LogP contribution in [0.25, 0.3) is 6.08 Å². The van der Waals surface area contributed by atoms with Gasteiger partial charge in [0.2, 0.25) is 0 Å². The van der Waals surface area contributed by atoms with Crippen LogP contribution in [0.2, 0.25) is 5.02 Å². The smallest absolute Gasteiger partial charge is 0.323 e. The Morgan fingerprint density at radius 1 is 1.25 bits per heavy atom. The van der Waals surface area contributed by atoms with Crippen LogP contribution in [0.4, 0.5) is 5.69 Å². The van der Waals surface area contributed by atoms with Gasteiger partial charge in [0.15, 0.2) is 5.78 Å². The summed E-state index contributed by atoms with van der Waals surface area (Å²) in [5.74, 6) is -1.08. The SMILES string of the molecule is Cc1ccc(/C=C2\CN(CC(=O)O)c3c(Cl)cccc3C2=O)cc1. The van der Waals surface area contributed by atoms with Gasteiger partial charge in [-0.05, 0) is 30.7 Å². The van der Waals surface area contributed by atoms with E-state index in [2.05, 4.69) is 0 Å². The Labute approximate surface area is 145 Å². The van der Waals surface area contributed by atoms with Crippen molar-refractivity contribution in [1.29, 1.82) is 0 Å². The average molecular weight is 342 g/mol. The molecule has 24 heavy (non-hydrogen) atoms. The summed E-state index contributed by atoms with van der Waals surface area (Å²) in [6, 6.07) is 12.9. The molecule has 1 N–H and O–H groups in total. The van der Waals surface area contributed by atoms with Gasteiger partial charge in [-0.15, -0.1) is 0 Å². The van der Waals surface area contributed by atoms with Crippen LogP contribution in [0.15, 0.2) is 48.0 Å². The highest BCUT2D eigenvalue weighted by molar-refractivity contribution is 6.35. The number of hydrogen-bond acceptors (Lipinski definition) is 3. The molecule has 0 amide bonds. The molecule has 0 saturated carbocycles. The molecule has 0 spiro atoms. The highest BCUT2D eigenvalue weighted by Crippen LogP contribution is 2.36. The van der Waals surface area contributed by atoms with Gasteiger partial charge in [0.05, 0.1) is 10.7 Å². The number of rotatable bonds is 3. The number of carbonyl (C=O) groups is 2. The fourth-order valence-corrected chi connectivity index (χ4v) is 3.12. The number of carboxylic acid groups (broad SMARTS) is 1. The first-order chi connectivity index (χ1) is 11.5. The number of carbonyl (C=O) groups excluding carboxylic acids is 1. The van der Waals surface area contributed by atoms with E-state index in [4.69, 9.17) is 16.7 Å². The van der Waals surface area contributed by atoms with E-state index in [1.165, 1.54) is 0 Å². The molecule has 4 nitrogen and oxygen atoms in total. The lowest BCUT2D eigenvalue weighted by molar-refractivity contribution is -0.135. The van der Waals surface area contributed by atoms with Crippen molar-refractivity contribution in [2.45, 2.75) is 6.92 Å². The fourth-order valence-electron chi connectivity index (χ4n) is 2.82. The number of ketones is 1. The van der Waals surface area contributed by atoms with Crippen LogP contribution in [0, 0.1) is 6.92 Å². The maximum Gasteiger partial charge on any atom is 0.323 e. The zero-order valence-electron chi connectivity index (χ0n) is 13.1. The van der Waals surface area contributed by atoms with Crippen LogP contribution < -0.4 is 4.90 Å². The zero-order valence-corrected chi connectivity index (χ0v) is 13.9. The molecule has 2 aromatic carbocycles. The summed E-state index contributed by atoms with van der Waals surface area (Å²) in [5.41, 5.74) is 3.53. The standard InChI is InChI=1S/C19H16ClNO3/c1-12-5-7-13(8-6-12)9-14-10-21(11-17(22)23)18-15(19(14)24)3-2-4-16(18)20/h2-9H,10-11H2,1H3,(H,22,23)/b14-9+. The van der Waals surface area contributed by atoms with Crippen molar-refractivity contribution in [3.8, 4) is 0 Å². The zero-order chi connectivity index (χ0) is 17.3. The van der Waals surface area contributed by atoms with Gasteiger partial charge in [0.1, 0.15) is 6.54 Å². The van der Waals surface area contributed by atoms with Crippen molar-refractivity contribution >= 4 is 35.1 Å². The number of nitrogens with zero attached hydrogens (tertiary/aromatic N) is 1. The number of para-hydroxylation sites is 1. The lowest BCUT2D eigenvalue weighted by atomic mass is 9.94. The third kappa shape index (κ3) is 3.19. The Morgan fingerprint density at radius 2 is 1.96 bits per heavy atom. The average Bonchev–Trinajstić information content (AvgIpc) is 2.53. The quantitative estimate of drug-likeness (QED) is 0.862. The molecule has 0 radical (unpaired) electrons. The van der Waals surface area contributed by atoms with Crippen molar-refractivity contribution in [3.05, 3.63) is 69.8 Å². The van der Waals surface area contributed by atoms with E-state index in [9.17, 15) is 9.59 Å². The normalized spacial score (nSPS) is 15.5. The maximum absolute atomic E-state index is 12.8. The van der Waals surface area contributed by atoms with Crippen molar-refractivity contribution in [2.24, 2.45) is 0 Å². The molecule has 0 unspecified atom stereocenters. The molecule has 0 aliphatic carbocycles. The number of aryl methyl sites for hydroxylation is 1. The molecule has 5 heteroatoms. The van der Waals surface area contributed by atoms with E-state index in [0.29, 0.717) is 21.8 Å². The molecule has 1 aliphatic rings. The number of anilines is 1. The molecule has 1 heterocycles. The summed E-state index contributed by atoms with van der Waals surface area (Å²) in [4.78, 5) is 25.6. The van der Waals surface area contributed by atoms with E-state index >= 15 is 0 Å². The predicted molar refractivity (Wildman–Crippen MR) is 94.8 cm³/mol. The van der Waals surface area contributed by atoms with Crippen molar-refractivity contribution in [1.82, 2.24) is 0 Å². The Bertz CT molecular complexity index is 840. The summed E-state index contributed by atoms with van der Waals surface area (Å²) >= 11 is 6.20. The lowest BCUT2D eigenvalue weighted by Crippen LogP contribution is -2.38. The summed E-state index contributed by atoms with van der Waals surface area (Å²) in [7, 11) is 0. The van der Waals surface area contributed by atoms with E-state index in [-0.39, 0.29) is 18.9 Å². The maximum atomic E-state index is 12.8. The number of halogens is 1. The minimum Gasteiger partial charge on any atom is -0.480 e. The second kappa shape index (κ2) is 6.49. The van der Waals surface area contributed by atoms with Gasteiger partial charge in [0, 0.05) is 17.7 Å². The Kier molecular flexibility index (Phi) is 4.40. The first-order valence-electron chi connectivity index (χ1n) is 7.53. The van der Waals surface area contributed by atoms with Gasteiger partial charge in [-0.2, -0.15) is 0 Å². The molecular weight excluding hydrogens is 326 g/mol. The second-order valence-corrected chi connectivity index (χ2v) is 6.20. The van der Waals surface area contributed by atoms with Gasteiger partial charge in [-0.3, -0.25) is 9.59 Å². The topological polar surface area (TPSA) is 57.6 Å². The molecule has 0 bridgehead atoms. The molecule has 0 atom stereocenters. The van der Waals surface area contributed by atoms with Crippen LogP contribution in [0.5, 0.6) is 0 Å². The van der Waals surface area contributed by atoms with Crippen LogP contribution >= 0.6 is 11.6 Å². The molecule has 3 rings (SSSR count). The number of hydrogen-bond donors (Lipinski definition) is 1. The minimum atomic E-state index is -0.968. The molecule has 0 fully saturated rings. The summed E-state index contributed by atoms with van der Waals surface area (Å²) < 4.78 is 0.